The molecule has 7 N–H and O–H groups in total. The van der Waals surface area contributed by atoms with Gasteiger partial charge in [0.1, 0.15) is 12.3 Å². The van der Waals surface area contributed by atoms with Crippen LogP contribution < -0.4 is 11.2 Å². The first-order valence-electron chi connectivity index (χ1n) is 7.25. The van der Waals surface area contributed by atoms with E-state index in [4.69, 9.17) is 19.4 Å². The molecule has 1 fully saturated rings. The Morgan fingerprint density at radius 3 is 2.34 bits per heavy atom. The summed E-state index contributed by atoms with van der Waals surface area (Å²) in [6.07, 6.45) is -3.55. The molecule has 0 aromatic carbocycles. The van der Waals surface area contributed by atoms with Gasteiger partial charge in [-0.1, -0.05) is 0 Å². The third-order valence-electron chi connectivity index (χ3n) is 3.28. The van der Waals surface area contributed by atoms with Crippen molar-refractivity contribution < 1.29 is 61.4 Å². The molecular formula is C9H15N2O15P3. The van der Waals surface area contributed by atoms with Gasteiger partial charge in [0.05, 0.1) is 18.9 Å². The molecule has 1 aliphatic heterocycles. The molecule has 2 heterocycles. The minimum absolute atomic E-state index is 0.282. The van der Waals surface area contributed by atoms with E-state index in [0.29, 0.717) is 0 Å². The van der Waals surface area contributed by atoms with E-state index < -0.39 is 65.5 Å². The number of rotatable bonds is 8. The molecular weight excluding hydrogens is 469 g/mol. The minimum atomic E-state index is -5.70. The molecule has 2 rings (SSSR count). The van der Waals surface area contributed by atoms with Gasteiger partial charge < -0.3 is 34.5 Å². The average Bonchev–Trinajstić information content (AvgIpc) is 2.86. The molecule has 0 bridgehead atoms. The number of nitrogens with zero attached hydrogens (tertiary/aromatic N) is 1. The lowest BCUT2D eigenvalue weighted by Gasteiger charge is -2.19. The summed E-state index contributed by atoms with van der Waals surface area (Å²) < 4.78 is 50.7. The Kier molecular flexibility index (Phi) is 7.07. The predicted molar refractivity (Wildman–Crippen MR) is 87.3 cm³/mol. The van der Waals surface area contributed by atoms with E-state index in [9.17, 15) is 38.4 Å². The highest BCUT2D eigenvalue weighted by Gasteiger charge is 2.43. The highest BCUT2D eigenvalue weighted by Crippen LogP contribution is 2.66. The first-order chi connectivity index (χ1) is 13.1. The number of H-pyrrole nitrogens is 1. The third kappa shape index (κ3) is 6.93. The molecule has 29 heavy (non-hydrogen) atoms. The van der Waals surface area contributed by atoms with Gasteiger partial charge in [0, 0.05) is 6.42 Å². The number of nitrogens with one attached hydrogen (secondary N) is 1. The van der Waals surface area contributed by atoms with E-state index in [1.807, 2.05) is 0 Å². The van der Waals surface area contributed by atoms with Gasteiger partial charge in [0.25, 0.3) is 5.56 Å². The monoisotopic (exact) mass is 484 g/mol. The van der Waals surface area contributed by atoms with Crippen LogP contribution in [0.4, 0.5) is 0 Å². The van der Waals surface area contributed by atoms with Gasteiger partial charge in [-0.3, -0.25) is 18.9 Å². The van der Waals surface area contributed by atoms with Crippen molar-refractivity contribution in [3.05, 3.63) is 27.0 Å². The van der Waals surface area contributed by atoms with E-state index in [-0.39, 0.29) is 6.42 Å². The minimum Gasteiger partial charge on any atom is -0.502 e. The Hall–Kier alpha value is -1.19. The van der Waals surface area contributed by atoms with Crippen LogP contribution in [-0.2, 0) is 31.6 Å². The first kappa shape index (κ1) is 24.1. The lowest BCUT2D eigenvalue weighted by atomic mass is 10.2. The Balaban J connectivity index is 2.03. The Morgan fingerprint density at radius 2 is 1.76 bits per heavy atom. The van der Waals surface area contributed by atoms with Gasteiger partial charge in [-0.2, -0.15) is 8.62 Å². The second-order valence-electron chi connectivity index (χ2n) is 5.50. The fourth-order valence-corrected chi connectivity index (χ4v) is 5.23. The topological polar surface area (TPSA) is 264 Å². The molecule has 17 nitrogen and oxygen atoms in total. The number of aromatic amines is 1. The summed E-state index contributed by atoms with van der Waals surface area (Å²) in [5.41, 5.74) is -2.05. The number of phosphoric acid groups is 3. The van der Waals surface area contributed by atoms with Crippen LogP contribution in [0.25, 0.3) is 0 Å². The van der Waals surface area contributed by atoms with Crippen molar-refractivity contribution in [1.29, 1.82) is 0 Å². The highest BCUT2D eigenvalue weighted by molar-refractivity contribution is 7.66. The fourth-order valence-electron chi connectivity index (χ4n) is 2.20. The average molecular weight is 484 g/mol. The zero-order chi connectivity index (χ0) is 22.2. The van der Waals surface area contributed by atoms with E-state index in [1.54, 1.807) is 4.98 Å². The van der Waals surface area contributed by atoms with Gasteiger partial charge in [-0.15, -0.1) is 0 Å². The van der Waals surface area contributed by atoms with Crippen LogP contribution >= 0.6 is 23.5 Å². The summed E-state index contributed by atoms with van der Waals surface area (Å²) in [7, 11) is -16.7. The molecule has 0 saturated carbocycles. The lowest BCUT2D eigenvalue weighted by Crippen LogP contribution is -2.32. The van der Waals surface area contributed by atoms with E-state index in [0.717, 1.165) is 10.8 Å². The zero-order valence-electron chi connectivity index (χ0n) is 13.9. The molecule has 1 aromatic heterocycles. The maximum absolute atomic E-state index is 11.7. The highest BCUT2D eigenvalue weighted by atomic mass is 31.3. The van der Waals surface area contributed by atoms with Crippen LogP contribution in [0, 0.1) is 0 Å². The smallest absolute Gasteiger partial charge is 0.490 e. The second kappa shape index (κ2) is 8.51. The van der Waals surface area contributed by atoms with Crippen molar-refractivity contribution in [3.8, 4) is 5.75 Å². The number of phosphoric ester groups is 1. The number of ether oxygens (including phenoxy) is 1. The largest absolute Gasteiger partial charge is 0.502 e. The molecule has 3 unspecified atom stereocenters. The number of hydrogen-bond acceptors (Lipinski definition) is 11. The lowest BCUT2D eigenvalue weighted by molar-refractivity contribution is -0.0451. The van der Waals surface area contributed by atoms with Crippen molar-refractivity contribution in [2.45, 2.75) is 24.9 Å². The summed E-state index contributed by atoms with van der Waals surface area (Å²) in [5.74, 6) is -0.820. The molecule has 1 aliphatic rings. The normalized spacial score (nSPS) is 26.7. The third-order valence-corrected chi connectivity index (χ3v) is 7.08. The molecule has 5 atom stereocenters. The molecule has 0 radical (unpaired) electrons. The first-order valence-corrected chi connectivity index (χ1v) is 11.8. The Bertz CT molecular complexity index is 1010. The van der Waals surface area contributed by atoms with Crippen molar-refractivity contribution in [1.82, 2.24) is 9.55 Å². The van der Waals surface area contributed by atoms with Crippen LogP contribution in [-0.4, -0.2) is 58.2 Å². The Morgan fingerprint density at radius 1 is 1.14 bits per heavy atom. The number of hydrogen-bond donors (Lipinski definition) is 7. The van der Waals surface area contributed by atoms with Crippen LogP contribution in [0.15, 0.2) is 15.8 Å². The number of aromatic hydroxyl groups is 1. The van der Waals surface area contributed by atoms with Crippen molar-refractivity contribution in [3.63, 3.8) is 0 Å². The van der Waals surface area contributed by atoms with Crippen LogP contribution in [0.3, 0.4) is 0 Å². The maximum atomic E-state index is 11.7. The fraction of sp³-hybridized carbons (Fsp3) is 0.556. The summed E-state index contributed by atoms with van der Waals surface area (Å²) in [4.78, 5) is 59.9. The van der Waals surface area contributed by atoms with E-state index in [1.165, 1.54) is 0 Å². The summed E-state index contributed by atoms with van der Waals surface area (Å²) in [5, 5.41) is 19.3. The predicted octanol–water partition coefficient (Wildman–Crippen LogP) is -1.77. The maximum Gasteiger partial charge on any atom is 0.490 e. The molecule has 1 aromatic rings. The van der Waals surface area contributed by atoms with Gasteiger partial charge in [-0.05, 0) is 0 Å². The SMILES string of the molecule is O=c1[nH]c(=O)n([C@@H]2CC(O)[C@H](COP(=O)(O)OP(=O)(O)OP(=O)(O)O)O2)cc1O. The molecule has 0 amide bonds. The van der Waals surface area contributed by atoms with E-state index in [2.05, 4.69) is 13.1 Å². The van der Waals surface area contributed by atoms with Crippen LogP contribution in [0.2, 0.25) is 0 Å². The van der Waals surface area contributed by atoms with Gasteiger partial charge in [-0.25, -0.2) is 18.5 Å². The molecule has 0 aliphatic carbocycles. The Labute approximate surface area is 159 Å². The van der Waals surface area contributed by atoms with Crippen molar-refractivity contribution in [2.24, 2.45) is 0 Å². The summed E-state index contributed by atoms with van der Waals surface area (Å²) in [6, 6.07) is 0. The van der Waals surface area contributed by atoms with Crippen molar-refractivity contribution >= 4 is 23.5 Å². The zero-order valence-corrected chi connectivity index (χ0v) is 16.6. The molecule has 1 saturated heterocycles. The molecule has 0 spiro atoms. The second-order valence-corrected chi connectivity index (χ2v) is 9.92. The summed E-state index contributed by atoms with van der Waals surface area (Å²) in [6.45, 7) is -0.939. The van der Waals surface area contributed by atoms with Crippen LogP contribution in [0.1, 0.15) is 12.6 Å². The summed E-state index contributed by atoms with van der Waals surface area (Å²) >= 11 is 0. The van der Waals surface area contributed by atoms with Gasteiger partial charge >= 0.3 is 29.2 Å². The molecule has 166 valence electrons. The van der Waals surface area contributed by atoms with Crippen molar-refractivity contribution in [2.75, 3.05) is 6.61 Å². The van der Waals surface area contributed by atoms with Crippen LogP contribution in [0.5, 0.6) is 5.75 Å². The quantitative estimate of drug-likeness (QED) is 0.201. The number of aromatic nitrogens is 2. The molecule has 20 heteroatoms. The number of aliphatic hydroxyl groups excluding tert-OH is 1. The van der Waals surface area contributed by atoms with Gasteiger partial charge in [0.2, 0.25) is 0 Å². The standard InChI is InChI=1S/C9H15N2O15P3/c12-4-1-7(11-2-5(13)8(14)10-9(11)15)24-6(4)3-23-28(19,20)26-29(21,22)25-27(16,17)18/h2,4,6-7,12-13H,1,3H2,(H,19,20)(H,21,22)(H,10,14,15)(H2,16,17,18)/t4?,6-,7-/m0/s1. The van der Waals surface area contributed by atoms with E-state index >= 15 is 0 Å². The number of aliphatic hydroxyl groups is 1. The van der Waals surface area contributed by atoms with Gasteiger partial charge in [0.15, 0.2) is 5.75 Å².